The molecule has 0 saturated carbocycles. The average molecular weight is 241 g/mol. The van der Waals surface area contributed by atoms with Gasteiger partial charge in [0.05, 0.1) is 23.8 Å². The topological polar surface area (TPSA) is 50.1 Å². The fourth-order valence-corrected chi connectivity index (χ4v) is 1.97. The number of hydrogen-bond donors (Lipinski definition) is 0. The molecule has 0 saturated heterocycles. The van der Waals surface area contributed by atoms with Gasteiger partial charge < -0.3 is 4.74 Å². The maximum absolute atomic E-state index is 11.8. The van der Waals surface area contributed by atoms with Gasteiger partial charge in [-0.2, -0.15) is 5.26 Å². The number of carbonyl (C=O) groups excluding carboxylic acids is 1. The van der Waals surface area contributed by atoms with Crippen molar-refractivity contribution >= 4 is 5.97 Å². The third-order valence-corrected chi connectivity index (χ3v) is 3.08. The summed E-state index contributed by atoms with van der Waals surface area (Å²) in [6.45, 7) is 0.475. The molecule has 1 atom stereocenters. The number of nitrogens with zero attached hydrogens (tertiary/aromatic N) is 1. The Bertz CT molecular complexity index is 482. The van der Waals surface area contributed by atoms with Gasteiger partial charge in [-0.3, -0.25) is 0 Å². The lowest BCUT2D eigenvalue weighted by Crippen LogP contribution is -2.15. The first-order valence-electron chi connectivity index (χ1n) is 6.12. The fraction of sp³-hybridized carbons (Fsp3) is 0.333. The van der Waals surface area contributed by atoms with E-state index in [0.29, 0.717) is 23.7 Å². The molecule has 18 heavy (non-hydrogen) atoms. The lowest BCUT2D eigenvalue weighted by atomic mass is 9.95. The highest BCUT2D eigenvalue weighted by atomic mass is 16.5. The molecule has 92 valence electrons. The predicted molar refractivity (Wildman–Crippen MR) is 67.9 cm³/mol. The summed E-state index contributed by atoms with van der Waals surface area (Å²) in [5, 5.41) is 8.67. The highest BCUT2D eigenvalue weighted by Crippen LogP contribution is 2.18. The van der Waals surface area contributed by atoms with Crippen molar-refractivity contribution in [3.8, 4) is 6.07 Å². The van der Waals surface area contributed by atoms with Gasteiger partial charge in [0.2, 0.25) is 0 Å². The molecule has 0 radical (unpaired) electrons. The van der Waals surface area contributed by atoms with Gasteiger partial charge in [-0.1, -0.05) is 12.2 Å². The number of benzene rings is 1. The summed E-state index contributed by atoms with van der Waals surface area (Å²) in [5.74, 6) is 0.131. The molecule has 1 aliphatic carbocycles. The molecule has 3 heteroatoms. The molecule has 0 aromatic heterocycles. The van der Waals surface area contributed by atoms with Crippen LogP contribution < -0.4 is 0 Å². The van der Waals surface area contributed by atoms with Gasteiger partial charge in [0.15, 0.2) is 0 Å². The lowest BCUT2D eigenvalue weighted by Gasteiger charge is -2.17. The predicted octanol–water partition coefficient (Wildman–Crippen LogP) is 3.07. The van der Waals surface area contributed by atoms with Crippen molar-refractivity contribution in [2.45, 2.75) is 19.3 Å². The second kappa shape index (κ2) is 6.02. The summed E-state index contributed by atoms with van der Waals surface area (Å²) in [6.07, 6.45) is 7.44. The highest BCUT2D eigenvalue weighted by Gasteiger charge is 2.13. The third-order valence-electron chi connectivity index (χ3n) is 3.08. The first-order valence-corrected chi connectivity index (χ1v) is 6.12. The Balaban J connectivity index is 1.87. The van der Waals surface area contributed by atoms with Crippen LogP contribution in [0.4, 0.5) is 0 Å². The van der Waals surface area contributed by atoms with Crippen LogP contribution in [0.3, 0.4) is 0 Å². The first-order chi connectivity index (χ1) is 8.79. The van der Waals surface area contributed by atoms with Gasteiger partial charge in [-0.25, -0.2) is 4.79 Å². The number of rotatable bonds is 3. The van der Waals surface area contributed by atoms with E-state index in [9.17, 15) is 4.79 Å². The summed E-state index contributed by atoms with van der Waals surface area (Å²) in [5.41, 5.74) is 1.05. The minimum atomic E-state index is -0.311. The van der Waals surface area contributed by atoms with E-state index in [1.54, 1.807) is 24.3 Å². The number of nitriles is 1. The second-order valence-corrected chi connectivity index (χ2v) is 4.44. The van der Waals surface area contributed by atoms with E-state index in [1.807, 2.05) is 6.07 Å². The summed E-state index contributed by atoms with van der Waals surface area (Å²) in [7, 11) is 0. The van der Waals surface area contributed by atoms with Crippen LogP contribution in [0.25, 0.3) is 0 Å². The first kappa shape index (κ1) is 12.4. The molecule has 0 fully saturated rings. The van der Waals surface area contributed by atoms with Crippen LogP contribution >= 0.6 is 0 Å². The molecular formula is C15H15NO2. The summed E-state index contributed by atoms with van der Waals surface area (Å²) >= 11 is 0. The third kappa shape index (κ3) is 3.21. The van der Waals surface area contributed by atoms with Crippen LogP contribution in [0.2, 0.25) is 0 Å². The minimum Gasteiger partial charge on any atom is -0.462 e. The van der Waals surface area contributed by atoms with E-state index in [-0.39, 0.29) is 5.97 Å². The van der Waals surface area contributed by atoms with E-state index in [4.69, 9.17) is 10.00 Å². The Hall–Kier alpha value is -2.08. The van der Waals surface area contributed by atoms with Crippen molar-refractivity contribution in [1.29, 1.82) is 5.26 Å². The summed E-state index contributed by atoms with van der Waals surface area (Å²) in [4.78, 5) is 11.8. The zero-order valence-corrected chi connectivity index (χ0v) is 10.1. The Morgan fingerprint density at radius 1 is 1.33 bits per heavy atom. The van der Waals surface area contributed by atoms with Crippen molar-refractivity contribution < 1.29 is 9.53 Å². The highest BCUT2D eigenvalue weighted by molar-refractivity contribution is 5.89. The number of esters is 1. The van der Waals surface area contributed by atoms with E-state index in [2.05, 4.69) is 12.2 Å². The maximum Gasteiger partial charge on any atom is 0.338 e. The van der Waals surface area contributed by atoms with Gasteiger partial charge in [0.1, 0.15) is 0 Å². The Morgan fingerprint density at radius 2 is 2.11 bits per heavy atom. The van der Waals surface area contributed by atoms with Crippen molar-refractivity contribution in [3.05, 3.63) is 47.5 Å². The molecular weight excluding hydrogens is 226 g/mol. The molecule has 0 amide bonds. The molecule has 2 rings (SSSR count). The quantitative estimate of drug-likeness (QED) is 0.603. The molecule has 1 aromatic rings. The van der Waals surface area contributed by atoms with Gasteiger partial charge in [0.25, 0.3) is 0 Å². The minimum absolute atomic E-state index is 0.311. The van der Waals surface area contributed by atoms with Gasteiger partial charge >= 0.3 is 5.97 Å². The van der Waals surface area contributed by atoms with E-state index >= 15 is 0 Å². The van der Waals surface area contributed by atoms with E-state index in [0.717, 1.165) is 19.3 Å². The number of hydrogen-bond acceptors (Lipinski definition) is 3. The van der Waals surface area contributed by atoms with Crippen LogP contribution in [0.1, 0.15) is 35.2 Å². The molecule has 1 aromatic carbocycles. The second-order valence-electron chi connectivity index (χ2n) is 4.44. The van der Waals surface area contributed by atoms with Crippen LogP contribution in [0, 0.1) is 17.2 Å². The molecule has 0 bridgehead atoms. The zero-order chi connectivity index (χ0) is 12.8. The number of ether oxygens (including phenoxy) is 1. The number of carbonyl (C=O) groups is 1. The van der Waals surface area contributed by atoms with Crippen molar-refractivity contribution in [1.82, 2.24) is 0 Å². The largest absolute Gasteiger partial charge is 0.462 e. The Kier molecular flexibility index (Phi) is 4.14. The molecule has 0 heterocycles. The molecule has 1 aliphatic rings. The lowest BCUT2D eigenvalue weighted by molar-refractivity contribution is 0.0432. The molecule has 0 aliphatic heterocycles. The van der Waals surface area contributed by atoms with Crippen LogP contribution in [-0.2, 0) is 4.74 Å². The van der Waals surface area contributed by atoms with Crippen LogP contribution in [-0.4, -0.2) is 12.6 Å². The Labute approximate surface area is 107 Å². The smallest absolute Gasteiger partial charge is 0.338 e. The normalized spacial score (nSPS) is 18.1. The van der Waals surface area contributed by atoms with Crippen molar-refractivity contribution in [2.24, 2.45) is 5.92 Å². The van der Waals surface area contributed by atoms with Crippen molar-refractivity contribution in [3.63, 3.8) is 0 Å². The van der Waals surface area contributed by atoms with Gasteiger partial charge in [-0.05, 0) is 49.4 Å². The van der Waals surface area contributed by atoms with Crippen LogP contribution in [0.5, 0.6) is 0 Å². The SMILES string of the molecule is N#Cc1ccc(C(=O)OCC2CC=CCC2)cc1. The number of allylic oxidation sites excluding steroid dienone is 2. The Morgan fingerprint density at radius 3 is 2.72 bits per heavy atom. The van der Waals surface area contributed by atoms with Gasteiger partial charge in [-0.15, -0.1) is 0 Å². The molecule has 1 unspecified atom stereocenters. The van der Waals surface area contributed by atoms with Gasteiger partial charge in [0, 0.05) is 0 Å². The standard InChI is InChI=1S/C15H15NO2/c16-10-12-6-8-14(9-7-12)15(17)18-11-13-4-2-1-3-5-13/h1-2,6-9,13H,3-5,11H2. The maximum atomic E-state index is 11.8. The molecule has 0 spiro atoms. The fourth-order valence-electron chi connectivity index (χ4n) is 1.97. The molecule has 3 nitrogen and oxygen atoms in total. The van der Waals surface area contributed by atoms with E-state index < -0.39 is 0 Å². The average Bonchev–Trinajstić information content (AvgIpc) is 2.46. The summed E-state index contributed by atoms with van der Waals surface area (Å²) in [6, 6.07) is 8.52. The zero-order valence-electron chi connectivity index (χ0n) is 10.1. The monoisotopic (exact) mass is 241 g/mol. The van der Waals surface area contributed by atoms with E-state index in [1.165, 1.54) is 0 Å². The summed E-state index contributed by atoms with van der Waals surface area (Å²) < 4.78 is 5.29. The van der Waals surface area contributed by atoms with Crippen LogP contribution in [0.15, 0.2) is 36.4 Å². The van der Waals surface area contributed by atoms with Crippen molar-refractivity contribution in [2.75, 3.05) is 6.61 Å². The molecule has 0 N–H and O–H groups in total.